The van der Waals surface area contributed by atoms with Gasteiger partial charge in [0.15, 0.2) is 0 Å². The first-order chi connectivity index (χ1) is 3.80. The zero-order chi connectivity index (χ0) is 5.98. The molecule has 0 aromatic rings. The van der Waals surface area contributed by atoms with Crippen LogP contribution in [0.25, 0.3) is 0 Å². The Morgan fingerprint density at radius 3 is 1.88 bits per heavy atom. The summed E-state index contributed by atoms with van der Waals surface area (Å²) in [5, 5.41) is 0.204. The molecule has 0 saturated heterocycles. The van der Waals surface area contributed by atoms with Crippen molar-refractivity contribution in [3.63, 3.8) is 0 Å². The summed E-state index contributed by atoms with van der Waals surface area (Å²) in [5.74, 6) is 0. The van der Waals surface area contributed by atoms with Crippen molar-refractivity contribution in [2.75, 3.05) is 0 Å². The lowest BCUT2D eigenvalue weighted by Gasteiger charge is -1.79. The molecule has 1 aliphatic carbocycles. The van der Waals surface area contributed by atoms with E-state index in [1.807, 2.05) is 0 Å². The summed E-state index contributed by atoms with van der Waals surface area (Å²) in [4.78, 5) is 0. The van der Waals surface area contributed by atoms with Crippen molar-refractivity contribution in [3.8, 4) is 0 Å². The number of hydrogen-bond acceptors (Lipinski definition) is 0. The second-order valence-electron chi connectivity index (χ2n) is 1.43. The summed E-state index contributed by atoms with van der Waals surface area (Å²) in [7, 11) is -3.17. The molecule has 0 atom stereocenters. The molecular weight excluding hydrogens is 126 g/mol. The minimum Gasteiger partial charge on any atom is -0.239 e. The highest BCUT2D eigenvalue weighted by Gasteiger charge is 2.01. The Balaban J connectivity index is 2.90. The van der Waals surface area contributed by atoms with E-state index in [-0.39, 0.29) is 5.17 Å². The van der Waals surface area contributed by atoms with Crippen LogP contribution in [0.2, 0.25) is 0 Å². The quantitative estimate of drug-likeness (QED) is 0.342. The smallest absolute Gasteiger partial charge is 0.239 e. The van der Waals surface area contributed by atoms with Gasteiger partial charge in [0.05, 0.1) is 0 Å². The van der Waals surface area contributed by atoms with Gasteiger partial charge in [-0.1, -0.05) is 24.3 Å². The molecule has 0 aromatic carbocycles. The van der Waals surface area contributed by atoms with Crippen molar-refractivity contribution in [2.24, 2.45) is 0 Å². The summed E-state index contributed by atoms with van der Waals surface area (Å²) in [6.45, 7) is 0. The molecule has 0 bridgehead atoms. The normalized spacial score (nSPS) is 15.5. The Bertz CT molecular complexity index is 161. The lowest BCUT2D eigenvalue weighted by atomic mass is 10.5. The van der Waals surface area contributed by atoms with Crippen LogP contribution in [0, 0.1) is 0 Å². The predicted molar refractivity (Wildman–Crippen MR) is 31.3 cm³/mol. The fourth-order valence-electron chi connectivity index (χ4n) is 0.500. The van der Waals surface area contributed by atoms with Gasteiger partial charge in [-0.15, -0.1) is 0 Å². The van der Waals surface area contributed by atoms with Crippen LogP contribution in [0.1, 0.15) is 0 Å². The molecule has 42 valence electrons. The van der Waals surface area contributed by atoms with Crippen LogP contribution in [-0.4, -0.2) is 14.2 Å². The van der Waals surface area contributed by atoms with Crippen molar-refractivity contribution >= 4 is 14.2 Å². The van der Waals surface area contributed by atoms with Gasteiger partial charge in [0.1, 0.15) is 0 Å². The first-order valence-corrected chi connectivity index (χ1v) is 3.46. The van der Waals surface area contributed by atoms with Crippen molar-refractivity contribution in [1.82, 2.24) is 0 Å². The molecule has 0 spiro atoms. The third-order valence-corrected chi connectivity index (χ3v) is 1.65. The maximum absolute atomic E-state index is 11.7. The van der Waals surface area contributed by atoms with Gasteiger partial charge in [-0.2, -0.15) is 0 Å². The molecule has 0 unspecified atom stereocenters. The average Bonchev–Trinajstić information content (AvgIpc) is 2.12. The van der Waals surface area contributed by atoms with Crippen LogP contribution >= 0.6 is 0 Å². The van der Waals surface area contributed by atoms with Crippen LogP contribution in [0.3, 0.4) is 0 Å². The molecule has 1 rings (SSSR count). The first-order valence-electron chi connectivity index (χ1n) is 2.21. The number of halogens is 2. The third-order valence-electron chi connectivity index (χ3n) is 0.881. The maximum atomic E-state index is 11.7. The number of hydrogen-bond donors (Lipinski definition) is 0. The standard InChI is InChI=1S/C5H4F2Si/c6-8(7)5-3-1-2-4-5/h1-4H. The molecule has 0 fully saturated rings. The SMILES string of the molecule is F[Si](F)=C1C=CC=C1. The average molecular weight is 130 g/mol. The van der Waals surface area contributed by atoms with Crippen LogP contribution in [0.5, 0.6) is 0 Å². The van der Waals surface area contributed by atoms with E-state index in [0.29, 0.717) is 0 Å². The Labute approximate surface area is 47.7 Å². The monoisotopic (exact) mass is 130 g/mol. The summed E-state index contributed by atoms with van der Waals surface area (Å²) >= 11 is 0. The van der Waals surface area contributed by atoms with Gasteiger partial charge in [-0.25, -0.2) is 8.22 Å². The van der Waals surface area contributed by atoms with Crippen LogP contribution in [0.15, 0.2) is 24.3 Å². The zero-order valence-electron chi connectivity index (χ0n) is 4.07. The van der Waals surface area contributed by atoms with Gasteiger partial charge in [0.2, 0.25) is 0 Å². The molecule has 0 heterocycles. The zero-order valence-corrected chi connectivity index (χ0v) is 5.07. The Morgan fingerprint density at radius 1 is 1.12 bits per heavy atom. The van der Waals surface area contributed by atoms with E-state index in [4.69, 9.17) is 0 Å². The largest absolute Gasteiger partial charge is 0.446 e. The summed E-state index contributed by atoms with van der Waals surface area (Å²) in [6, 6.07) is 0. The first kappa shape index (κ1) is 5.56. The minimum absolute atomic E-state index is 0.204. The minimum atomic E-state index is -3.17. The van der Waals surface area contributed by atoms with Crippen LogP contribution in [-0.2, 0) is 0 Å². The fourth-order valence-corrected chi connectivity index (χ4v) is 0.944. The Morgan fingerprint density at radius 2 is 1.62 bits per heavy atom. The highest BCUT2D eigenvalue weighted by Crippen LogP contribution is 1.95. The molecule has 3 heteroatoms. The van der Waals surface area contributed by atoms with Crippen molar-refractivity contribution in [1.29, 1.82) is 0 Å². The topological polar surface area (TPSA) is 0 Å². The van der Waals surface area contributed by atoms with Gasteiger partial charge in [0.25, 0.3) is 0 Å². The van der Waals surface area contributed by atoms with E-state index in [1.165, 1.54) is 12.2 Å². The van der Waals surface area contributed by atoms with Gasteiger partial charge in [-0.05, 0) is 0 Å². The highest BCUT2D eigenvalue weighted by molar-refractivity contribution is 6.65. The predicted octanol–water partition coefficient (Wildman–Crippen LogP) is 1.29. The number of rotatable bonds is 0. The lowest BCUT2D eigenvalue weighted by molar-refractivity contribution is 0.702. The second-order valence-corrected chi connectivity index (χ2v) is 2.53. The fraction of sp³-hybridized carbons (Fsp3) is 0. The lowest BCUT2D eigenvalue weighted by Crippen LogP contribution is -1.97. The molecular formula is C5H4F2Si. The van der Waals surface area contributed by atoms with E-state index >= 15 is 0 Å². The van der Waals surface area contributed by atoms with E-state index in [1.54, 1.807) is 12.2 Å². The Kier molecular flexibility index (Phi) is 1.48. The van der Waals surface area contributed by atoms with Gasteiger partial charge in [0, 0.05) is 5.17 Å². The molecule has 0 aromatic heterocycles. The molecule has 0 N–H and O–H groups in total. The van der Waals surface area contributed by atoms with Gasteiger partial charge < -0.3 is 0 Å². The van der Waals surface area contributed by atoms with Crippen molar-refractivity contribution in [3.05, 3.63) is 24.3 Å². The van der Waals surface area contributed by atoms with E-state index in [9.17, 15) is 8.22 Å². The van der Waals surface area contributed by atoms with E-state index in [0.717, 1.165) is 0 Å². The summed E-state index contributed by atoms with van der Waals surface area (Å²) in [6.07, 6.45) is 6.15. The molecule has 0 aliphatic heterocycles. The van der Waals surface area contributed by atoms with Crippen LogP contribution < -0.4 is 0 Å². The van der Waals surface area contributed by atoms with Gasteiger partial charge in [-0.3, -0.25) is 0 Å². The molecule has 1 aliphatic rings. The van der Waals surface area contributed by atoms with Crippen molar-refractivity contribution < 1.29 is 8.22 Å². The second kappa shape index (κ2) is 2.13. The Hall–Kier alpha value is -0.573. The number of allylic oxidation sites excluding steroid dienone is 4. The van der Waals surface area contributed by atoms with Crippen LogP contribution in [0.4, 0.5) is 8.22 Å². The third kappa shape index (κ3) is 0.978. The summed E-state index contributed by atoms with van der Waals surface area (Å²) < 4.78 is 23.4. The molecule has 0 saturated carbocycles. The highest BCUT2D eigenvalue weighted by atomic mass is 28.3. The van der Waals surface area contributed by atoms with Crippen molar-refractivity contribution in [2.45, 2.75) is 0 Å². The van der Waals surface area contributed by atoms with Gasteiger partial charge >= 0.3 is 9.08 Å². The molecule has 0 amide bonds. The van der Waals surface area contributed by atoms with E-state index < -0.39 is 9.08 Å². The van der Waals surface area contributed by atoms with E-state index in [2.05, 4.69) is 0 Å². The maximum Gasteiger partial charge on any atom is 0.446 e. The molecule has 8 heavy (non-hydrogen) atoms. The molecule has 0 radical (unpaired) electrons. The summed E-state index contributed by atoms with van der Waals surface area (Å²) in [5.41, 5.74) is 0. The molecule has 0 nitrogen and oxygen atoms in total.